The standard InChI is InChI=1S/2C4H9N.Sn/c2*1-3-4-5-2;/h2*1,3-4H2,2H3;/q2*-1;+2. The van der Waals surface area contributed by atoms with Gasteiger partial charge in [0.1, 0.15) is 0 Å². The van der Waals surface area contributed by atoms with Gasteiger partial charge in [0.05, 0.1) is 0 Å². The van der Waals surface area contributed by atoms with E-state index in [1.165, 1.54) is 25.9 Å². The van der Waals surface area contributed by atoms with Gasteiger partial charge in [-0.25, -0.2) is 0 Å². The first-order chi connectivity index (χ1) is 5.26. The zero-order chi connectivity index (χ0) is 7.90. The van der Waals surface area contributed by atoms with Crippen molar-refractivity contribution >= 4 is 18.9 Å². The van der Waals surface area contributed by atoms with Crippen LogP contribution in [0.4, 0.5) is 0 Å². The first kappa shape index (κ1) is 8.32. The van der Waals surface area contributed by atoms with Gasteiger partial charge in [0.15, 0.2) is 0 Å². The molecule has 0 N–H and O–H groups in total. The van der Waals surface area contributed by atoms with Crippen LogP contribution in [0.15, 0.2) is 0 Å². The van der Waals surface area contributed by atoms with Crippen LogP contribution >= 0.6 is 0 Å². The Morgan fingerprint density at radius 2 is 1.36 bits per heavy atom. The third-order valence-electron chi connectivity index (χ3n) is 3.56. The van der Waals surface area contributed by atoms with Crippen molar-refractivity contribution in [1.29, 1.82) is 0 Å². The Morgan fingerprint density at radius 3 is 1.64 bits per heavy atom. The molecule has 0 bridgehead atoms. The number of hydrogen-bond donors (Lipinski definition) is 0. The van der Waals surface area contributed by atoms with E-state index in [0.717, 1.165) is 0 Å². The Hall–Kier alpha value is 0.719. The SMILES string of the molecule is C[N]1CC[CH2][Sn]12[CH2]CC[N]2C. The van der Waals surface area contributed by atoms with Gasteiger partial charge in [-0.05, 0) is 0 Å². The predicted molar refractivity (Wildman–Crippen MR) is 49.9 cm³/mol. The molecule has 0 unspecified atom stereocenters. The maximum atomic E-state index is 2.75. The molecule has 2 fully saturated rings. The van der Waals surface area contributed by atoms with E-state index in [1.54, 1.807) is 8.87 Å². The molecule has 1 spiro atoms. The van der Waals surface area contributed by atoms with Gasteiger partial charge in [0.25, 0.3) is 0 Å². The molecule has 2 saturated heterocycles. The monoisotopic (exact) mass is 262 g/mol. The molecule has 0 atom stereocenters. The average molecular weight is 261 g/mol. The fourth-order valence-corrected chi connectivity index (χ4v) is 16.9. The second kappa shape index (κ2) is 2.89. The van der Waals surface area contributed by atoms with Crippen LogP contribution in [0.2, 0.25) is 8.87 Å². The van der Waals surface area contributed by atoms with Crippen LogP contribution in [0.3, 0.4) is 0 Å². The van der Waals surface area contributed by atoms with Gasteiger partial charge in [-0.1, -0.05) is 0 Å². The molecule has 0 amide bonds. The molecule has 2 heterocycles. The molecule has 64 valence electrons. The van der Waals surface area contributed by atoms with Crippen LogP contribution in [0.1, 0.15) is 12.8 Å². The summed E-state index contributed by atoms with van der Waals surface area (Å²) in [5, 5.41) is 0. The summed E-state index contributed by atoms with van der Waals surface area (Å²) in [6.07, 6.45) is 2.97. The predicted octanol–water partition coefficient (Wildman–Crippen LogP) is 1.10. The molecule has 0 aromatic rings. The third-order valence-corrected chi connectivity index (χ3v) is 19.5. The molecule has 0 aromatic heterocycles. The van der Waals surface area contributed by atoms with Crippen molar-refractivity contribution in [1.82, 2.24) is 6.24 Å². The zero-order valence-corrected chi connectivity index (χ0v) is 10.5. The van der Waals surface area contributed by atoms with Crippen molar-refractivity contribution in [2.75, 3.05) is 27.2 Å². The van der Waals surface area contributed by atoms with E-state index in [0.29, 0.717) is 0 Å². The Morgan fingerprint density at radius 1 is 0.909 bits per heavy atom. The molecule has 2 aliphatic rings. The van der Waals surface area contributed by atoms with E-state index in [1.807, 2.05) is 0 Å². The van der Waals surface area contributed by atoms with Crippen molar-refractivity contribution in [2.24, 2.45) is 0 Å². The Bertz CT molecular complexity index is 142. The maximum absolute atomic E-state index is 2.75. The Labute approximate surface area is 74.1 Å². The van der Waals surface area contributed by atoms with E-state index >= 15 is 0 Å². The third kappa shape index (κ3) is 1.14. The fraction of sp³-hybridized carbons (Fsp3) is 1.00. The van der Waals surface area contributed by atoms with Gasteiger partial charge in [-0.15, -0.1) is 0 Å². The quantitative estimate of drug-likeness (QED) is 0.602. The minimum atomic E-state index is -1.77. The zero-order valence-electron chi connectivity index (χ0n) is 7.64. The Balaban J connectivity index is 2.19. The van der Waals surface area contributed by atoms with Crippen LogP contribution < -0.4 is 0 Å². The molecular formula is C8H18N2Sn. The van der Waals surface area contributed by atoms with E-state index < -0.39 is 18.9 Å². The van der Waals surface area contributed by atoms with Gasteiger partial charge in [0, 0.05) is 0 Å². The molecule has 0 aliphatic carbocycles. The summed E-state index contributed by atoms with van der Waals surface area (Å²) in [5.41, 5.74) is 0. The van der Waals surface area contributed by atoms with E-state index in [4.69, 9.17) is 0 Å². The molecule has 2 rings (SSSR count). The van der Waals surface area contributed by atoms with Crippen LogP contribution in [-0.2, 0) is 0 Å². The van der Waals surface area contributed by atoms with Gasteiger partial charge < -0.3 is 0 Å². The first-order valence-electron chi connectivity index (χ1n) is 4.68. The molecule has 0 aromatic carbocycles. The van der Waals surface area contributed by atoms with Gasteiger partial charge in [-0.3, -0.25) is 0 Å². The van der Waals surface area contributed by atoms with Crippen molar-refractivity contribution in [3.63, 3.8) is 0 Å². The normalized spacial score (nSPS) is 32.2. The summed E-state index contributed by atoms with van der Waals surface area (Å²) >= 11 is -1.77. The number of nitrogens with zero attached hydrogens (tertiary/aromatic N) is 2. The van der Waals surface area contributed by atoms with Crippen molar-refractivity contribution in [2.45, 2.75) is 21.7 Å². The minimum absolute atomic E-state index is 1.39. The summed E-state index contributed by atoms with van der Waals surface area (Å²) in [7, 11) is 4.73. The molecule has 11 heavy (non-hydrogen) atoms. The van der Waals surface area contributed by atoms with Gasteiger partial charge in [0.2, 0.25) is 0 Å². The topological polar surface area (TPSA) is 6.48 Å². The second-order valence-electron chi connectivity index (χ2n) is 4.03. The van der Waals surface area contributed by atoms with Crippen LogP contribution in [0, 0.1) is 0 Å². The van der Waals surface area contributed by atoms with Crippen molar-refractivity contribution in [3.8, 4) is 0 Å². The van der Waals surface area contributed by atoms with Crippen molar-refractivity contribution < 1.29 is 0 Å². The van der Waals surface area contributed by atoms with E-state index in [2.05, 4.69) is 20.3 Å². The van der Waals surface area contributed by atoms with Crippen LogP contribution in [0.5, 0.6) is 0 Å². The average Bonchev–Trinajstić information content (AvgIpc) is 2.48. The molecule has 2 nitrogen and oxygen atoms in total. The molecule has 2 aliphatic heterocycles. The van der Waals surface area contributed by atoms with Gasteiger partial charge in [-0.2, -0.15) is 0 Å². The van der Waals surface area contributed by atoms with Crippen molar-refractivity contribution in [3.05, 3.63) is 0 Å². The number of hydrogen-bond acceptors (Lipinski definition) is 2. The Kier molecular flexibility index (Phi) is 2.19. The van der Waals surface area contributed by atoms with Crippen LogP contribution in [-0.4, -0.2) is 52.4 Å². The molecule has 0 radical (unpaired) electrons. The molecule has 0 saturated carbocycles. The van der Waals surface area contributed by atoms with E-state index in [-0.39, 0.29) is 0 Å². The molecular weight excluding hydrogens is 243 g/mol. The van der Waals surface area contributed by atoms with Crippen LogP contribution in [0.25, 0.3) is 0 Å². The number of rotatable bonds is 0. The summed E-state index contributed by atoms with van der Waals surface area (Å²) in [4.78, 5) is 0. The molecule has 3 heteroatoms. The fourth-order valence-electron chi connectivity index (χ4n) is 2.79. The van der Waals surface area contributed by atoms with E-state index in [9.17, 15) is 0 Å². The first-order valence-corrected chi connectivity index (χ1v) is 11.3. The van der Waals surface area contributed by atoms with Gasteiger partial charge >= 0.3 is 74.1 Å². The second-order valence-corrected chi connectivity index (χ2v) is 16.9. The summed E-state index contributed by atoms with van der Waals surface area (Å²) in [5.74, 6) is 0. The summed E-state index contributed by atoms with van der Waals surface area (Å²) in [6, 6.07) is 0. The summed E-state index contributed by atoms with van der Waals surface area (Å²) < 4.78 is 8.70. The summed E-state index contributed by atoms with van der Waals surface area (Å²) in [6.45, 7) is 2.78.